The van der Waals surface area contributed by atoms with Crippen molar-refractivity contribution in [2.45, 2.75) is 131 Å². The standard InChI is InChI=1S/C29H52O4/c1-7-8-11-22-14-16-23(17-15-22)25(18-13-20(2)19-29(4,5)6)33-28(32)24-12-9-10-21(3)26(24)27(30)31/h20-26H,7-19H2,1-6H3,(H,30,31). The van der Waals surface area contributed by atoms with E-state index in [1.165, 1.54) is 38.5 Å². The van der Waals surface area contributed by atoms with Crippen LogP contribution in [0, 0.1) is 40.9 Å². The Hall–Kier alpha value is -1.06. The van der Waals surface area contributed by atoms with E-state index >= 15 is 0 Å². The molecule has 33 heavy (non-hydrogen) atoms. The summed E-state index contributed by atoms with van der Waals surface area (Å²) in [5.74, 6) is -0.280. The number of esters is 1. The summed E-state index contributed by atoms with van der Waals surface area (Å²) < 4.78 is 6.25. The second-order valence-electron chi connectivity index (χ2n) is 12.7. The van der Waals surface area contributed by atoms with Crippen LogP contribution in [0.25, 0.3) is 0 Å². The van der Waals surface area contributed by atoms with E-state index < -0.39 is 17.8 Å². The predicted octanol–water partition coefficient (Wildman–Crippen LogP) is 7.88. The first kappa shape index (κ1) is 28.2. The topological polar surface area (TPSA) is 63.6 Å². The first-order valence-electron chi connectivity index (χ1n) is 13.9. The number of carbonyl (C=O) groups excluding carboxylic acids is 1. The molecule has 0 aromatic heterocycles. The van der Waals surface area contributed by atoms with E-state index in [-0.39, 0.29) is 18.0 Å². The average molecular weight is 465 g/mol. The Labute approximate surface area is 203 Å². The third-order valence-corrected chi connectivity index (χ3v) is 8.36. The van der Waals surface area contributed by atoms with Crippen molar-refractivity contribution in [2.75, 3.05) is 0 Å². The van der Waals surface area contributed by atoms with Gasteiger partial charge in [0.05, 0.1) is 11.8 Å². The van der Waals surface area contributed by atoms with Crippen LogP contribution in [-0.4, -0.2) is 23.1 Å². The summed E-state index contributed by atoms with van der Waals surface area (Å²) in [4.78, 5) is 25.2. The molecule has 0 aromatic rings. The van der Waals surface area contributed by atoms with Gasteiger partial charge in [-0.1, -0.05) is 80.1 Å². The van der Waals surface area contributed by atoms with Crippen molar-refractivity contribution in [2.24, 2.45) is 40.9 Å². The predicted molar refractivity (Wildman–Crippen MR) is 135 cm³/mol. The lowest BCUT2D eigenvalue weighted by Crippen LogP contribution is -2.41. The molecule has 0 radical (unpaired) electrons. The van der Waals surface area contributed by atoms with Crippen molar-refractivity contribution in [3.8, 4) is 0 Å². The van der Waals surface area contributed by atoms with Crippen molar-refractivity contribution >= 4 is 11.9 Å². The highest BCUT2D eigenvalue weighted by Gasteiger charge is 2.42. The first-order valence-corrected chi connectivity index (χ1v) is 13.9. The molecule has 0 spiro atoms. The molecule has 0 aromatic carbocycles. The lowest BCUT2D eigenvalue weighted by molar-refractivity contribution is -0.169. The Kier molecular flexibility index (Phi) is 11.2. The van der Waals surface area contributed by atoms with Gasteiger partial charge >= 0.3 is 11.9 Å². The summed E-state index contributed by atoms with van der Waals surface area (Å²) >= 11 is 0. The van der Waals surface area contributed by atoms with Crippen LogP contribution in [0.4, 0.5) is 0 Å². The molecule has 2 rings (SSSR count). The Morgan fingerprint density at radius 3 is 2.27 bits per heavy atom. The van der Waals surface area contributed by atoms with Gasteiger partial charge in [0.2, 0.25) is 0 Å². The SMILES string of the molecule is CCCCC1CCC(C(CCC(C)CC(C)(C)C)OC(=O)C2CCCC(C)C2C(=O)O)CC1. The maximum Gasteiger partial charge on any atom is 0.310 e. The molecule has 0 saturated heterocycles. The van der Waals surface area contributed by atoms with Gasteiger partial charge in [0.25, 0.3) is 0 Å². The molecule has 0 bridgehead atoms. The van der Waals surface area contributed by atoms with Crippen molar-refractivity contribution in [1.29, 1.82) is 0 Å². The van der Waals surface area contributed by atoms with E-state index in [0.29, 0.717) is 23.7 Å². The fraction of sp³-hybridized carbons (Fsp3) is 0.931. The van der Waals surface area contributed by atoms with Gasteiger partial charge in [-0.25, -0.2) is 0 Å². The zero-order valence-electron chi connectivity index (χ0n) is 22.4. The summed E-state index contributed by atoms with van der Waals surface area (Å²) in [5.41, 5.74) is 0.301. The third kappa shape index (κ3) is 9.25. The second-order valence-corrected chi connectivity index (χ2v) is 12.7. The van der Waals surface area contributed by atoms with Crippen molar-refractivity contribution in [3.05, 3.63) is 0 Å². The molecule has 4 heteroatoms. The van der Waals surface area contributed by atoms with Crippen LogP contribution in [0.15, 0.2) is 0 Å². The number of carbonyl (C=O) groups is 2. The van der Waals surface area contributed by atoms with Crippen LogP contribution in [-0.2, 0) is 14.3 Å². The molecule has 2 aliphatic rings. The van der Waals surface area contributed by atoms with Crippen LogP contribution in [0.3, 0.4) is 0 Å². The van der Waals surface area contributed by atoms with Gasteiger partial charge in [-0.2, -0.15) is 0 Å². The number of ether oxygens (including phenoxy) is 1. The van der Waals surface area contributed by atoms with Crippen LogP contribution < -0.4 is 0 Å². The number of rotatable bonds is 11. The van der Waals surface area contributed by atoms with Gasteiger partial charge < -0.3 is 9.84 Å². The minimum Gasteiger partial charge on any atom is -0.481 e. The van der Waals surface area contributed by atoms with E-state index in [9.17, 15) is 14.7 Å². The Bertz CT molecular complexity index is 599. The minimum absolute atomic E-state index is 0.0352. The Morgan fingerprint density at radius 1 is 1.03 bits per heavy atom. The molecule has 2 fully saturated rings. The fourth-order valence-electron chi connectivity index (χ4n) is 6.66. The highest BCUT2D eigenvalue weighted by Crippen LogP contribution is 2.39. The van der Waals surface area contributed by atoms with Crippen LogP contribution in [0.2, 0.25) is 0 Å². The van der Waals surface area contributed by atoms with Gasteiger partial charge in [0.1, 0.15) is 6.10 Å². The average Bonchev–Trinajstić information content (AvgIpc) is 2.73. The fourth-order valence-corrected chi connectivity index (χ4v) is 6.66. The zero-order valence-corrected chi connectivity index (χ0v) is 22.4. The van der Waals surface area contributed by atoms with Crippen LogP contribution in [0.5, 0.6) is 0 Å². The van der Waals surface area contributed by atoms with E-state index in [2.05, 4.69) is 34.6 Å². The van der Waals surface area contributed by atoms with E-state index in [1.54, 1.807) is 0 Å². The zero-order chi connectivity index (χ0) is 24.6. The number of aliphatic carboxylic acids is 1. The Morgan fingerprint density at radius 2 is 1.70 bits per heavy atom. The maximum atomic E-state index is 13.3. The summed E-state index contributed by atoms with van der Waals surface area (Å²) in [6.45, 7) is 13.4. The van der Waals surface area contributed by atoms with Crippen molar-refractivity contribution < 1.29 is 19.4 Å². The minimum atomic E-state index is -0.837. The molecular weight excluding hydrogens is 412 g/mol. The molecule has 192 valence electrons. The van der Waals surface area contributed by atoms with Gasteiger partial charge in [-0.3, -0.25) is 9.59 Å². The van der Waals surface area contributed by atoms with E-state index in [1.807, 2.05) is 6.92 Å². The maximum absolute atomic E-state index is 13.3. The normalized spacial score (nSPS) is 30.4. The van der Waals surface area contributed by atoms with Crippen LogP contribution in [0.1, 0.15) is 125 Å². The third-order valence-electron chi connectivity index (χ3n) is 8.36. The lowest BCUT2D eigenvalue weighted by atomic mass is 9.72. The monoisotopic (exact) mass is 464 g/mol. The van der Waals surface area contributed by atoms with Gasteiger partial charge in [-0.05, 0) is 74.0 Å². The van der Waals surface area contributed by atoms with Crippen molar-refractivity contribution in [3.63, 3.8) is 0 Å². The molecule has 2 saturated carbocycles. The number of unbranched alkanes of at least 4 members (excludes halogenated alkanes) is 1. The quantitative estimate of drug-likeness (QED) is 0.316. The Balaban J connectivity index is 2.05. The molecule has 0 heterocycles. The highest BCUT2D eigenvalue weighted by molar-refractivity contribution is 5.81. The molecule has 1 N–H and O–H groups in total. The molecule has 5 unspecified atom stereocenters. The number of hydrogen-bond acceptors (Lipinski definition) is 3. The van der Waals surface area contributed by atoms with Crippen LogP contribution >= 0.6 is 0 Å². The van der Waals surface area contributed by atoms with Gasteiger partial charge in [0, 0.05) is 0 Å². The molecule has 4 nitrogen and oxygen atoms in total. The van der Waals surface area contributed by atoms with E-state index in [4.69, 9.17) is 4.74 Å². The number of carboxylic acids is 1. The first-order chi connectivity index (χ1) is 15.5. The summed E-state index contributed by atoms with van der Waals surface area (Å²) in [5, 5.41) is 9.79. The summed E-state index contributed by atoms with van der Waals surface area (Å²) in [7, 11) is 0. The molecule has 0 amide bonds. The van der Waals surface area contributed by atoms with Crippen molar-refractivity contribution in [1.82, 2.24) is 0 Å². The number of carboxylic acid groups (broad SMARTS) is 1. The molecule has 2 aliphatic carbocycles. The summed E-state index contributed by atoms with van der Waals surface area (Å²) in [6, 6.07) is 0. The smallest absolute Gasteiger partial charge is 0.310 e. The van der Waals surface area contributed by atoms with Gasteiger partial charge in [0.15, 0.2) is 0 Å². The second kappa shape index (κ2) is 13.1. The molecule has 5 atom stereocenters. The number of hydrogen-bond donors (Lipinski definition) is 1. The van der Waals surface area contributed by atoms with E-state index in [0.717, 1.165) is 44.4 Å². The molecular formula is C29H52O4. The highest BCUT2D eigenvalue weighted by atomic mass is 16.5. The van der Waals surface area contributed by atoms with Gasteiger partial charge in [-0.15, -0.1) is 0 Å². The lowest BCUT2D eigenvalue weighted by Gasteiger charge is -2.37. The molecule has 0 aliphatic heterocycles. The largest absolute Gasteiger partial charge is 0.481 e. The summed E-state index contributed by atoms with van der Waals surface area (Å²) in [6.07, 6.45) is 14.2.